The summed E-state index contributed by atoms with van der Waals surface area (Å²) < 4.78 is 0. The van der Waals surface area contributed by atoms with Crippen LogP contribution in [0, 0.1) is 27.7 Å². The van der Waals surface area contributed by atoms with Crippen LogP contribution in [0.15, 0.2) is 109 Å². The predicted octanol–water partition coefficient (Wildman–Crippen LogP) is 8.86. The third-order valence-corrected chi connectivity index (χ3v) is 9.30. The van der Waals surface area contributed by atoms with Crippen LogP contribution in [0.1, 0.15) is 70.3 Å². The maximum atomic E-state index is 5.60. The van der Waals surface area contributed by atoms with Crippen LogP contribution in [0.4, 0.5) is 0 Å². The molecule has 4 aromatic carbocycles. The minimum absolute atomic E-state index is 0.237. The summed E-state index contributed by atoms with van der Waals surface area (Å²) in [5.74, 6) is 0. The standard InChI is InChI=1S/C40H36N4/c1-25-35(29-17-9-7-10-18-29)43-37(27(3)41-25)40(38-28(4)42-26(2)36(44-38)30-19-11-8-12-20-30)33-23-15-13-21-31(33)39(5,6)32-22-14-16-24-34(32)40/h7-24H,1-6H3. The van der Waals surface area contributed by atoms with Gasteiger partial charge in [0.05, 0.1) is 45.6 Å². The van der Waals surface area contributed by atoms with Gasteiger partial charge in [-0.2, -0.15) is 0 Å². The largest absolute Gasteiger partial charge is 0.254 e. The highest BCUT2D eigenvalue weighted by atomic mass is 14.9. The molecule has 6 aromatic rings. The molecule has 2 aromatic heterocycles. The molecule has 0 N–H and O–H groups in total. The lowest BCUT2D eigenvalue weighted by molar-refractivity contribution is 0.538. The molecule has 0 spiro atoms. The topological polar surface area (TPSA) is 51.6 Å². The van der Waals surface area contributed by atoms with Gasteiger partial charge in [-0.25, -0.2) is 9.97 Å². The number of rotatable bonds is 4. The molecule has 4 heteroatoms. The molecule has 2 heterocycles. The Morgan fingerprint density at radius 1 is 0.386 bits per heavy atom. The number of aromatic nitrogens is 4. The van der Waals surface area contributed by atoms with E-state index < -0.39 is 5.41 Å². The second-order valence-corrected chi connectivity index (χ2v) is 12.4. The number of hydrogen-bond acceptors (Lipinski definition) is 4. The number of hydrogen-bond donors (Lipinski definition) is 0. The van der Waals surface area contributed by atoms with E-state index in [9.17, 15) is 0 Å². The van der Waals surface area contributed by atoms with Crippen molar-refractivity contribution in [1.29, 1.82) is 0 Å². The Bertz CT molecular complexity index is 1880. The van der Waals surface area contributed by atoms with Crippen LogP contribution in [0.5, 0.6) is 0 Å². The fourth-order valence-corrected chi connectivity index (χ4v) is 7.33. The van der Waals surface area contributed by atoms with Crippen LogP contribution in [-0.2, 0) is 10.8 Å². The van der Waals surface area contributed by atoms with Crippen molar-refractivity contribution in [2.45, 2.75) is 52.4 Å². The summed E-state index contributed by atoms with van der Waals surface area (Å²) in [6.45, 7) is 12.9. The third-order valence-electron chi connectivity index (χ3n) is 9.30. The Hall–Kier alpha value is -4.96. The molecular weight excluding hydrogens is 536 g/mol. The lowest BCUT2D eigenvalue weighted by Crippen LogP contribution is -2.44. The molecule has 216 valence electrons. The lowest BCUT2D eigenvalue weighted by atomic mass is 9.55. The van der Waals surface area contributed by atoms with Gasteiger partial charge in [-0.05, 0) is 49.9 Å². The molecule has 0 saturated carbocycles. The Kier molecular flexibility index (Phi) is 6.55. The van der Waals surface area contributed by atoms with Crippen molar-refractivity contribution in [2.24, 2.45) is 0 Å². The highest BCUT2D eigenvalue weighted by Crippen LogP contribution is 2.56. The van der Waals surface area contributed by atoms with E-state index in [0.717, 1.165) is 56.7 Å². The van der Waals surface area contributed by atoms with Gasteiger partial charge in [-0.15, -0.1) is 0 Å². The predicted molar refractivity (Wildman–Crippen MR) is 178 cm³/mol. The summed E-state index contributed by atoms with van der Waals surface area (Å²) in [7, 11) is 0. The van der Waals surface area contributed by atoms with E-state index >= 15 is 0 Å². The van der Waals surface area contributed by atoms with Gasteiger partial charge < -0.3 is 0 Å². The Morgan fingerprint density at radius 2 is 0.727 bits per heavy atom. The van der Waals surface area contributed by atoms with Crippen molar-refractivity contribution in [3.63, 3.8) is 0 Å². The van der Waals surface area contributed by atoms with Crippen molar-refractivity contribution in [3.8, 4) is 22.5 Å². The first-order valence-corrected chi connectivity index (χ1v) is 15.3. The van der Waals surface area contributed by atoms with Crippen LogP contribution >= 0.6 is 0 Å². The molecular formula is C40H36N4. The van der Waals surface area contributed by atoms with Gasteiger partial charge in [0.2, 0.25) is 0 Å². The van der Waals surface area contributed by atoms with Crippen LogP contribution in [0.2, 0.25) is 0 Å². The molecule has 0 saturated heterocycles. The normalized spacial score (nSPS) is 14.5. The summed E-state index contributed by atoms with van der Waals surface area (Å²) in [5, 5.41) is 0. The molecule has 4 nitrogen and oxygen atoms in total. The fourth-order valence-electron chi connectivity index (χ4n) is 7.33. The minimum atomic E-state index is -0.856. The minimum Gasteiger partial charge on any atom is -0.254 e. The second kappa shape index (κ2) is 10.3. The van der Waals surface area contributed by atoms with Gasteiger partial charge in [-0.1, -0.05) is 123 Å². The molecule has 0 atom stereocenters. The van der Waals surface area contributed by atoms with E-state index in [2.05, 4.69) is 139 Å². The average molecular weight is 573 g/mol. The van der Waals surface area contributed by atoms with Crippen molar-refractivity contribution in [3.05, 3.63) is 166 Å². The van der Waals surface area contributed by atoms with E-state index in [4.69, 9.17) is 19.9 Å². The van der Waals surface area contributed by atoms with Crippen LogP contribution < -0.4 is 0 Å². The fraction of sp³-hybridized carbons (Fsp3) is 0.200. The lowest BCUT2D eigenvalue weighted by Gasteiger charge is -2.47. The van der Waals surface area contributed by atoms with Gasteiger partial charge >= 0.3 is 0 Å². The van der Waals surface area contributed by atoms with Crippen molar-refractivity contribution in [2.75, 3.05) is 0 Å². The molecule has 1 aliphatic carbocycles. The summed E-state index contributed by atoms with van der Waals surface area (Å²) in [5.41, 5.74) is 13.0. The summed E-state index contributed by atoms with van der Waals surface area (Å²) in [4.78, 5) is 21.6. The summed E-state index contributed by atoms with van der Waals surface area (Å²) >= 11 is 0. The second-order valence-electron chi connectivity index (χ2n) is 12.4. The van der Waals surface area contributed by atoms with Gasteiger partial charge in [0.25, 0.3) is 0 Å². The zero-order valence-electron chi connectivity index (χ0n) is 26.2. The van der Waals surface area contributed by atoms with E-state index in [-0.39, 0.29) is 5.41 Å². The SMILES string of the molecule is Cc1nc(C)c(C2(c3nc(-c4ccccc4)c(C)nc3C)c3ccccc3C(C)(C)c3ccccc32)nc1-c1ccccc1. The first kappa shape index (κ1) is 27.8. The van der Waals surface area contributed by atoms with Crippen LogP contribution in [-0.4, -0.2) is 19.9 Å². The molecule has 0 amide bonds. The van der Waals surface area contributed by atoms with Crippen LogP contribution in [0.3, 0.4) is 0 Å². The maximum absolute atomic E-state index is 5.60. The first-order valence-electron chi connectivity index (χ1n) is 15.3. The van der Waals surface area contributed by atoms with Gasteiger partial charge in [0.1, 0.15) is 5.41 Å². The van der Waals surface area contributed by atoms with Crippen molar-refractivity contribution >= 4 is 0 Å². The van der Waals surface area contributed by atoms with Crippen molar-refractivity contribution < 1.29 is 0 Å². The molecule has 44 heavy (non-hydrogen) atoms. The highest BCUT2D eigenvalue weighted by molar-refractivity contribution is 5.72. The summed E-state index contributed by atoms with van der Waals surface area (Å²) in [6.07, 6.45) is 0. The van der Waals surface area contributed by atoms with Crippen LogP contribution in [0.25, 0.3) is 22.5 Å². The first-order chi connectivity index (χ1) is 21.2. The zero-order valence-corrected chi connectivity index (χ0v) is 26.2. The van der Waals surface area contributed by atoms with E-state index in [1.54, 1.807) is 0 Å². The maximum Gasteiger partial charge on any atom is 0.109 e. The molecule has 0 radical (unpaired) electrons. The smallest absolute Gasteiger partial charge is 0.109 e. The van der Waals surface area contributed by atoms with E-state index in [1.165, 1.54) is 22.3 Å². The number of aryl methyl sites for hydroxylation is 4. The monoisotopic (exact) mass is 572 g/mol. The van der Waals surface area contributed by atoms with Gasteiger partial charge in [-0.3, -0.25) is 9.97 Å². The Morgan fingerprint density at radius 3 is 1.11 bits per heavy atom. The molecule has 1 aliphatic rings. The Balaban J connectivity index is 1.69. The quantitative estimate of drug-likeness (QED) is 0.212. The van der Waals surface area contributed by atoms with E-state index in [0.29, 0.717) is 0 Å². The third kappa shape index (κ3) is 4.05. The van der Waals surface area contributed by atoms with Gasteiger partial charge in [0.15, 0.2) is 0 Å². The van der Waals surface area contributed by atoms with E-state index in [1.807, 2.05) is 12.1 Å². The number of nitrogens with zero attached hydrogens (tertiary/aromatic N) is 4. The molecule has 0 fully saturated rings. The average Bonchev–Trinajstić information content (AvgIpc) is 3.04. The van der Waals surface area contributed by atoms with Gasteiger partial charge in [0, 0.05) is 16.5 Å². The highest BCUT2D eigenvalue weighted by Gasteiger charge is 2.52. The molecule has 0 unspecified atom stereocenters. The Labute approximate surface area is 260 Å². The number of benzene rings is 4. The zero-order chi connectivity index (χ0) is 30.6. The molecule has 0 aliphatic heterocycles. The number of fused-ring (bicyclic) bond motifs is 2. The van der Waals surface area contributed by atoms with Crippen molar-refractivity contribution in [1.82, 2.24) is 19.9 Å². The molecule has 0 bridgehead atoms. The molecule has 7 rings (SSSR count). The summed E-state index contributed by atoms with van der Waals surface area (Å²) in [6, 6.07) is 38.4.